The van der Waals surface area contributed by atoms with Crippen LogP contribution in [0.1, 0.15) is 40.3 Å². The number of rotatable bonds is 3. The van der Waals surface area contributed by atoms with Crippen LogP contribution in [0.25, 0.3) is 0 Å². The molecule has 2 aromatic rings. The Hall–Kier alpha value is -2.55. The van der Waals surface area contributed by atoms with E-state index in [1.165, 1.54) is 11.1 Å². The molecule has 0 unspecified atom stereocenters. The van der Waals surface area contributed by atoms with Gasteiger partial charge in [0.1, 0.15) is 18.5 Å². The van der Waals surface area contributed by atoms with Crippen molar-refractivity contribution in [2.45, 2.75) is 39.4 Å². The molecule has 1 fully saturated rings. The third-order valence-corrected chi connectivity index (χ3v) is 5.46. The Morgan fingerprint density at radius 2 is 2.00 bits per heavy atom. The van der Waals surface area contributed by atoms with Crippen molar-refractivity contribution in [1.82, 2.24) is 0 Å². The fourth-order valence-electron chi connectivity index (χ4n) is 4.06. The molecule has 0 aromatic heterocycles. The minimum absolute atomic E-state index is 0.0995. The second-order valence-corrected chi connectivity index (χ2v) is 6.98. The molecule has 0 radical (unpaired) electrons. The number of carbonyl (C=O) groups excluding carboxylic acids is 1. The maximum absolute atomic E-state index is 12.0. The van der Waals surface area contributed by atoms with Gasteiger partial charge in [-0.25, -0.2) is 4.79 Å². The summed E-state index contributed by atoms with van der Waals surface area (Å²) in [4.78, 5) is 12.0. The molecule has 2 atom stereocenters. The van der Waals surface area contributed by atoms with Crippen LogP contribution < -0.4 is 4.74 Å². The van der Waals surface area contributed by atoms with Crippen molar-refractivity contribution in [2.75, 3.05) is 0 Å². The molecule has 2 aromatic carbocycles. The van der Waals surface area contributed by atoms with E-state index in [4.69, 9.17) is 9.47 Å². The number of aryl methyl sites for hydroxylation is 1. The minimum Gasteiger partial charge on any atom is -0.489 e. The van der Waals surface area contributed by atoms with Gasteiger partial charge in [0.15, 0.2) is 0 Å². The van der Waals surface area contributed by atoms with E-state index in [1.54, 1.807) is 0 Å². The molecule has 128 valence electrons. The van der Waals surface area contributed by atoms with E-state index in [2.05, 4.69) is 38.6 Å². The SMILES string of the molecule is C=C1C(=O)O[C@H]2c3c(C)c(OCc4ccccc4)cc(C)c3CC[C@@H]12. The van der Waals surface area contributed by atoms with Crippen LogP contribution in [0.2, 0.25) is 0 Å². The van der Waals surface area contributed by atoms with Gasteiger partial charge in [-0.2, -0.15) is 0 Å². The van der Waals surface area contributed by atoms with Gasteiger partial charge in [-0.1, -0.05) is 36.9 Å². The third-order valence-electron chi connectivity index (χ3n) is 5.46. The number of hydrogen-bond donors (Lipinski definition) is 0. The van der Waals surface area contributed by atoms with Crippen LogP contribution in [-0.2, 0) is 22.6 Å². The van der Waals surface area contributed by atoms with Crippen molar-refractivity contribution >= 4 is 5.97 Å². The first kappa shape index (κ1) is 15.9. The number of hydrogen-bond acceptors (Lipinski definition) is 3. The van der Waals surface area contributed by atoms with Crippen LogP contribution in [0.4, 0.5) is 0 Å². The van der Waals surface area contributed by atoms with Crippen molar-refractivity contribution in [3.8, 4) is 5.75 Å². The Morgan fingerprint density at radius 3 is 2.76 bits per heavy atom. The highest BCUT2D eigenvalue weighted by Crippen LogP contribution is 2.49. The molecule has 0 N–H and O–H groups in total. The lowest BCUT2D eigenvalue weighted by Crippen LogP contribution is -2.20. The van der Waals surface area contributed by atoms with E-state index in [-0.39, 0.29) is 18.0 Å². The smallest absolute Gasteiger partial charge is 0.334 e. The summed E-state index contributed by atoms with van der Waals surface area (Å²) >= 11 is 0. The van der Waals surface area contributed by atoms with Gasteiger partial charge in [0.25, 0.3) is 0 Å². The molecule has 1 saturated heterocycles. The fourth-order valence-corrected chi connectivity index (χ4v) is 4.06. The van der Waals surface area contributed by atoms with Crippen molar-refractivity contribution in [2.24, 2.45) is 5.92 Å². The van der Waals surface area contributed by atoms with Crippen LogP contribution in [-0.4, -0.2) is 5.97 Å². The van der Waals surface area contributed by atoms with E-state index in [0.29, 0.717) is 12.2 Å². The molecule has 1 heterocycles. The van der Waals surface area contributed by atoms with Gasteiger partial charge in [0.05, 0.1) is 0 Å². The summed E-state index contributed by atoms with van der Waals surface area (Å²) in [5.74, 6) is 0.715. The van der Waals surface area contributed by atoms with Gasteiger partial charge in [-0.15, -0.1) is 0 Å². The van der Waals surface area contributed by atoms with Gasteiger partial charge in [-0.3, -0.25) is 0 Å². The molecule has 4 rings (SSSR count). The first-order valence-electron chi connectivity index (χ1n) is 8.75. The van der Waals surface area contributed by atoms with Gasteiger partial charge in [-0.05, 0) is 55.0 Å². The lowest BCUT2D eigenvalue weighted by Gasteiger charge is -2.30. The molecule has 0 saturated carbocycles. The standard InChI is InChI=1S/C22H22O3/c1-13-11-19(24-12-16-7-5-4-6-8-16)15(3)20-17(13)9-10-18-14(2)22(23)25-21(18)20/h4-8,11,18,21H,2,9-10,12H2,1,3H3/t18-,21+/m0/s1. The Kier molecular flexibility index (Phi) is 3.87. The summed E-state index contributed by atoms with van der Waals surface area (Å²) < 4.78 is 11.8. The predicted octanol–water partition coefficient (Wildman–Crippen LogP) is 4.60. The number of carbonyl (C=O) groups is 1. The second-order valence-electron chi connectivity index (χ2n) is 6.98. The number of fused-ring (bicyclic) bond motifs is 3. The Balaban J connectivity index is 1.69. The van der Waals surface area contributed by atoms with E-state index in [9.17, 15) is 4.79 Å². The molecule has 0 bridgehead atoms. The topological polar surface area (TPSA) is 35.5 Å². The van der Waals surface area contributed by atoms with E-state index < -0.39 is 0 Å². The van der Waals surface area contributed by atoms with E-state index in [1.807, 2.05) is 18.2 Å². The van der Waals surface area contributed by atoms with Crippen molar-refractivity contribution in [1.29, 1.82) is 0 Å². The lowest BCUT2D eigenvalue weighted by atomic mass is 9.76. The first-order chi connectivity index (χ1) is 12.1. The molecular weight excluding hydrogens is 312 g/mol. The van der Waals surface area contributed by atoms with Crippen molar-refractivity contribution < 1.29 is 14.3 Å². The average Bonchev–Trinajstić information content (AvgIpc) is 2.92. The van der Waals surface area contributed by atoms with Gasteiger partial charge >= 0.3 is 5.97 Å². The summed E-state index contributed by atoms with van der Waals surface area (Å²) in [5.41, 5.74) is 6.46. The predicted molar refractivity (Wildman–Crippen MR) is 96.5 cm³/mol. The zero-order valence-electron chi connectivity index (χ0n) is 14.7. The van der Waals surface area contributed by atoms with Crippen LogP contribution in [0, 0.1) is 19.8 Å². The van der Waals surface area contributed by atoms with Gasteiger partial charge < -0.3 is 9.47 Å². The van der Waals surface area contributed by atoms with Crippen LogP contribution in [0.15, 0.2) is 48.6 Å². The largest absolute Gasteiger partial charge is 0.489 e. The van der Waals surface area contributed by atoms with Crippen LogP contribution in [0.3, 0.4) is 0 Å². The molecular formula is C22H22O3. The maximum atomic E-state index is 12.0. The zero-order valence-corrected chi connectivity index (χ0v) is 14.7. The zero-order chi connectivity index (χ0) is 17.6. The highest BCUT2D eigenvalue weighted by Gasteiger charge is 2.44. The molecule has 3 heteroatoms. The third kappa shape index (κ3) is 2.64. The molecule has 1 aliphatic heterocycles. The van der Waals surface area contributed by atoms with Gasteiger partial charge in [0, 0.05) is 17.1 Å². The molecule has 0 spiro atoms. The highest BCUT2D eigenvalue weighted by atomic mass is 16.6. The molecule has 3 nitrogen and oxygen atoms in total. The highest BCUT2D eigenvalue weighted by molar-refractivity contribution is 5.91. The lowest BCUT2D eigenvalue weighted by molar-refractivity contribution is -0.139. The quantitative estimate of drug-likeness (QED) is 0.608. The van der Waals surface area contributed by atoms with Crippen LogP contribution in [0.5, 0.6) is 5.75 Å². The minimum atomic E-state index is -0.254. The van der Waals surface area contributed by atoms with Crippen molar-refractivity contribution in [3.05, 3.63) is 76.4 Å². The molecule has 0 amide bonds. The normalized spacial score (nSPS) is 21.5. The second kappa shape index (κ2) is 6.07. The fraction of sp³-hybridized carbons (Fsp3) is 0.318. The van der Waals surface area contributed by atoms with E-state index in [0.717, 1.165) is 35.3 Å². The summed E-state index contributed by atoms with van der Waals surface area (Å²) in [6.45, 7) is 8.64. The maximum Gasteiger partial charge on any atom is 0.334 e. The Morgan fingerprint density at radius 1 is 1.24 bits per heavy atom. The summed E-state index contributed by atoms with van der Waals surface area (Å²) in [7, 11) is 0. The monoisotopic (exact) mass is 334 g/mol. The van der Waals surface area contributed by atoms with Crippen molar-refractivity contribution in [3.63, 3.8) is 0 Å². The van der Waals surface area contributed by atoms with Crippen LogP contribution >= 0.6 is 0 Å². The summed E-state index contributed by atoms with van der Waals surface area (Å²) in [5, 5.41) is 0. The number of ether oxygens (including phenoxy) is 2. The number of esters is 1. The molecule has 2 aliphatic rings. The molecule has 1 aliphatic carbocycles. The Bertz CT molecular complexity index is 851. The average molecular weight is 334 g/mol. The first-order valence-corrected chi connectivity index (χ1v) is 8.75. The molecule has 25 heavy (non-hydrogen) atoms. The summed E-state index contributed by atoms with van der Waals surface area (Å²) in [6.07, 6.45) is 1.67. The summed E-state index contributed by atoms with van der Waals surface area (Å²) in [6, 6.07) is 12.2. The number of benzene rings is 2. The van der Waals surface area contributed by atoms with E-state index >= 15 is 0 Å². The van der Waals surface area contributed by atoms with Gasteiger partial charge in [0.2, 0.25) is 0 Å². The Labute approximate surface area is 148 Å².